The summed E-state index contributed by atoms with van der Waals surface area (Å²) in [6, 6.07) is 4.68. The summed E-state index contributed by atoms with van der Waals surface area (Å²) in [5.41, 5.74) is 7.12. The number of benzene rings is 1. The van der Waals surface area contributed by atoms with Gasteiger partial charge in [-0.3, -0.25) is 0 Å². The molecule has 0 fully saturated rings. The number of anilines is 1. The molecule has 0 aliphatic rings. The highest BCUT2D eigenvalue weighted by atomic mass is 19.1. The summed E-state index contributed by atoms with van der Waals surface area (Å²) in [6.07, 6.45) is 1.33. The predicted octanol–water partition coefficient (Wildman–Crippen LogP) is 3.42. The maximum Gasteiger partial charge on any atom is 0.227 e. The van der Waals surface area contributed by atoms with E-state index in [9.17, 15) is 4.39 Å². The molecule has 5 heteroatoms. The van der Waals surface area contributed by atoms with Crippen molar-refractivity contribution in [2.24, 2.45) is 0 Å². The van der Waals surface area contributed by atoms with Gasteiger partial charge in [-0.05, 0) is 24.5 Å². The van der Waals surface area contributed by atoms with Gasteiger partial charge in [0.1, 0.15) is 23.7 Å². The van der Waals surface area contributed by atoms with E-state index in [1.165, 1.54) is 12.4 Å². The number of hydrogen-bond acceptors (Lipinski definition) is 4. The maximum atomic E-state index is 13.5. The Bertz CT molecular complexity index is 599. The minimum atomic E-state index is -0.314. The SMILES string of the molecule is Cc1ccc(Oc2ncnc(N)c2C(C)C)cc1F. The Morgan fingerprint density at radius 2 is 2.00 bits per heavy atom. The van der Waals surface area contributed by atoms with Crippen LogP contribution in [0.1, 0.15) is 30.9 Å². The van der Waals surface area contributed by atoms with E-state index in [4.69, 9.17) is 10.5 Å². The lowest BCUT2D eigenvalue weighted by molar-refractivity contribution is 0.447. The number of nitrogens with two attached hydrogens (primary N) is 1. The average molecular weight is 261 g/mol. The molecule has 0 amide bonds. The van der Waals surface area contributed by atoms with Crippen LogP contribution in [0.3, 0.4) is 0 Å². The van der Waals surface area contributed by atoms with Gasteiger partial charge in [0.2, 0.25) is 5.88 Å². The monoisotopic (exact) mass is 261 g/mol. The molecular weight excluding hydrogens is 245 g/mol. The highest BCUT2D eigenvalue weighted by molar-refractivity contribution is 5.48. The zero-order chi connectivity index (χ0) is 14.0. The predicted molar refractivity (Wildman–Crippen MR) is 71.7 cm³/mol. The molecule has 2 rings (SSSR count). The second-order valence-corrected chi connectivity index (χ2v) is 4.65. The molecule has 0 saturated carbocycles. The highest BCUT2D eigenvalue weighted by Crippen LogP contribution is 2.31. The molecule has 0 aliphatic carbocycles. The third kappa shape index (κ3) is 2.81. The highest BCUT2D eigenvalue weighted by Gasteiger charge is 2.15. The lowest BCUT2D eigenvalue weighted by atomic mass is 10.1. The van der Waals surface area contributed by atoms with Crippen molar-refractivity contribution in [1.29, 1.82) is 0 Å². The summed E-state index contributed by atoms with van der Waals surface area (Å²) in [5.74, 6) is 0.943. The van der Waals surface area contributed by atoms with Gasteiger partial charge in [0.25, 0.3) is 0 Å². The molecule has 0 saturated heterocycles. The van der Waals surface area contributed by atoms with Crippen LogP contribution in [-0.2, 0) is 0 Å². The van der Waals surface area contributed by atoms with Crippen LogP contribution in [0.15, 0.2) is 24.5 Å². The number of rotatable bonds is 3. The Morgan fingerprint density at radius 1 is 1.26 bits per heavy atom. The molecular formula is C14H16FN3O. The smallest absolute Gasteiger partial charge is 0.227 e. The molecule has 2 N–H and O–H groups in total. The van der Waals surface area contributed by atoms with Gasteiger partial charge in [0.15, 0.2) is 0 Å². The number of nitrogen functional groups attached to an aromatic ring is 1. The summed E-state index contributed by atoms with van der Waals surface area (Å²) in [4.78, 5) is 8.02. The van der Waals surface area contributed by atoms with Gasteiger partial charge < -0.3 is 10.5 Å². The Kier molecular flexibility index (Phi) is 3.64. The maximum absolute atomic E-state index is 13.5. The third-order valence-electron chi connectivity index (χ3n) is 2.81. The van der Waals surface area contributed by atoms with Crippen LogP contribution in [0.25, 0.3) is 0 Å². The van der Waals surface area contributed by atoms with Gasteiger partial charge in [-0.2, -0.15) is 0 Å². The minimum absolute atomic E-state index is 0.117. The summed E-state index contributed by atoms with van der Waals surface area (Å²) in [7, 11) is 0. The van der Waals surface area contributed by atoms with Crippen molar-refractivity contribution in [3.8, 4) is 11.6 Å². The minimum Gasteiger partial charge on any atom is -0.438 e. The fourth-order valence-corrected chi connectivity index (χ4v) is 1.76. The molecule has 1 heterocycles. The molecule has 0 radical (unpaired) electrons. The van der Waals surface area contributed by atoms with Crippen molar-refractivity contribution in [1.82, 2.24) is 9.97 Å². The molecule has 0 aliphatic heterocycles. The Labute approximate surface area is 111 Å². The Morgan fingerprint density at radius 3 is 2.63 bits per heavy atom. The first-order valence-electron chi connectivity index (χ1n) is 6.03. The van der Waals surface area contributed by atoms with Crippen LogP contribution < -0.4 is 10.5 Å². The summed E-state index contributed by atoms with van der Waals surface area (Å²) in [6.45, 7) is 5.64. The molecule has 100 valence electrons. The van der Waals surface area contributed by atoms with E-state index in [0.29, 0.717) is 23.0 Å². The number of hydrogen-bond donors (Lipinski definition) is 1. The zero-order valence-corrected chi connectivity index (χ0v) is 11.1. The largest absolute Gasteiger partial charge is 0.438 e. The second kappa shape index (κ2) is 5.22. The zero-order valence-electron chi connectivity index (χ0n) is 11.1. The van der Waals surface area contributed by atoms with Crippen LogP contribution in [0, 0.1) is 12.7 Å². The van der Waals surface area contributed by atoms with Crippen molar-refractivity contribution in [3.63, 3.8) is 0 Å². The lowest BCUT2D eigenvalue weighted by Gasteiger charge is -2.14. The first-order valence-corrected chi connectivity index (χ1v) is 6.03. The number of halogens is 1. The lowest BCUT2D eigenvalue weighted by Crippen LogP contribution is -2.04. The van der Waals surface area contributed by atoms with E-state index in [0.717, 1.165) is 5.56 Å². The molecule has 4 nitrogen and oxygen atoms in total. The second-order valence-electron chi connectivity index (χ2n) is 4.65. The standard InChI is InChI=1S/C14H16FN3O/c1-8(2)12-13(16)17-7-18-14(12)19-10-5-4-9(3)11(15)6-10/h4-8H,1-3H3,(H2,16,17,18). The van der Waals surface area contributed by atoms with Crippen LogP contribution in [0.2, 0.25) is 0 Å². The van der Waals surface area contributed by atoms with Gasteiger partial charge in [-0.25, -0.2) is 14.4 Å². The molecule has 1 aromatic heterocycles. The van der Waals surface area contributed by atoms with Gasteiger partial charge in [0.05, 0.1) is 5.56 Å². The molecule has 0 bridgehead atoms. The fraction of sp³-hybridized carbons (Fsp3) is 0.286. The van der Waals surface area contributed by atoms with E-state index >= 15 is 0 Å². The van der Waals surface area contributed by atoms with E-state index in [1.807, 2.05) is 13.8 Å². The van der Waals surface area contributed by atoms with Gasteiger partial charge >= 0.3 is 0 Å². The summed E-state index contributed by atoms with van der Waals surface area (Å²) < 4.78 is 19.1. The Hall–Kier alpha value is -2.17. The van der Waals surface area contributed by atoms with Crippen LogP contribution in [-0.4, -0.2) is 9.97 Å². The topological polar surface area (TPSA) is 61.0 Å². The van der Waals surface area contributed by atoms with Gasteiger partial charge in [-0.15, -0.1) is 0 Å². The number of nitrogens with zero attached hydrogens (tertiary/aromatic N) is 2. The van der Waals surface area contributed by atoms with Crippen molar-refractivity contribution < 1.29 is 9.13 Å². The third-order valence-corrected chi connectivity index (χ3v) is 2.81. The number of aromatic nitrogens is 2. The number of aryl methyl sites for hydroxylation is 1. The molecule has 2 aromatic rings. The summed E-state index contributed by atoms with van der Waals surface area (Å²) >= 11 is 0. The van der Waals surface area contributed by atoms with Crippen LogP contribution >= 0.6 is 0 Å². The normalized spacial score (nSPS) is 10.8. The van der Waals surface area contributed by atoms with Crippen LogP contribution in [0.4, 0.5) is 10.2 Å². The van der Waals surface area contributed by atoms with Gasteiger partial charge in [-0.1, -0.05) is 19.9 Å². The van der Waals surface area contributed by atoms with E-state index in [2.05, 4.69) is 9.97 Å². The van der Waals surface area contributed by atoms with Gasteiger partial charge in [0, 0.05) is 6.07 Å². The van der Waals surface area contributed by atoms with E-state index in [-0.39, 0.29) is 11.7 Å². The molecule has 19 heavy (non-hydrogen) atoms. The quantitative estimate of drug-likeness (QED) is 0.919. The first-order chi connectivity index (χ1) is 8.99. The van der Waals surface area contributed by atoms with Crippen LogP contribution in [0.5, 0.6) is 11.6 Å². The number of ether oxygens (including phenoxy) is 1. The van der Waals surface area contributed by atoms with Crippen molar-refractivity contribution in [2.45, 2.75) is 26.7 Å². The van der Waals surface area contributed by atoms with Crippen molar-refractivity contribution in [3.05, 3.63) is 41.5 Å². The molecule has 1 aromatic carbocycles. The van der Waals surface area contributed by atoms with E-state index in [1.54, 1.807) is 19.1 Å². The molecule has 0 unspecified atom stereocenters. The summed E-state index contributed by atoms with van der Waals surface area (Å²) in [5, 5.41) is 0. The molecule has 0 spiro atoms. The molecule has 0 atom stereocenters. The average Bonchev–Trinajstić information content (AvgIpc) is 2.33. The fourth-order valence-electron chi connectivity index (χ4n) is 1.76. The van der Waals surface area contributed by atoms with E-state index < -0.39 is 0 Å². The van der Waals surface area contributed by atoms with Crippen molar-refractivity contribution in [2.75, 3.05) is 5.73 Å². The Balaban J connectivity index is 2.38. The van der Waals surface area contributed by atoms with Crippen molar-refractivity contribution >= 4 is 5.82 Å². The first kappa shape index (κ1) is 13.3.